The highest BCUT2D eigenvalue weighted by atomic mass is 19.1. The lowest BCUT2D eigenvalue weighted by atomic mass is 9.93. The highest BCUT2D eigenvalue weighted by Gasteiger charge is 2.31. The Balaban J connectivity index is 1.27. The molecular weight excluding hydrogens is 387 g/mol. The number of carbonyl (C=O) groups is 1. The van der Waals surface area contributed by atoms with Crippen LogP contribution in [0.4, 0.5) is 4.39 Å². The SMILES string of the molecule is O=C(c1noc2c1CCCC2)N1CCCC(Cc2nc(-c3ccccc3F)no2)C1. The molecule has 1 aromatic carbocycles. The molecular formula is C22H23FN4O3. The van der Waals surface area contributed by atoms with Crippen molar-refractivity contribution in [3.05, 3.63) is 53.0 Å². The summed E-state index contributed by atoms with van der Waals surface area (Å²) in [5.74, 6) is 1.36. The van der Waals surface area contributed by atoms with Crippen molar-refractivity contribution in [1.82, 2.24) is 20.2 Å². The molecule has 1 aliphatic heterocycles. The lowest BCUT2D eigenvalue weighted by Crippen LogP contribution is -2.41. The van der Waals surface area contributed by atoms with E-state index in [1.165, 1.54) is 6.07 Å². The first-order chi connectivity index (χ1) is 14.7. The van der Waals surface area contributed by atoms with Crippen molar-refractivity contribution in [2.24, 2.45) is 5.92 Å². The maximum atomic E-state index is 14.0. The molecule has 3 aromatic rings. The van der Waals surface area contributed by atoms with Crippen LogP contribution in [0.2, 0.25) is 0 Å². The van der Waals surface area contributed by atoms with E-state index in [0.717, 1.165) is 49.8 Å². The number of likely N-dealkylation sites (tertiary alicyclic amines) is 1. The van der Waals surface area contributed by atoms with Crippen molar-refractivity contribution in [3.8, 4) is 11.4 Å². The monoisotopic (exact) mass is 410 g/mol. The van der Waals surface area contributed by atoms with E-state index in [0.29, 0.717) is 36.7 Å². The second kappa shape index (κ2) is 8.01. The number of hydrogen-bond acceptors (Lipinski definition) is 6. The molecule has 1 atom stereocenters. The van der Waals surface area contributed by atoms with Crippen molar-refractivity contribution >= 4 is 5.91 Å². The summed E-state index contributed by atoms with van der Waals surface area (Å²) in [5.41, 5.74) is 1.79. The van der Waals surface area contributed by atoms with Gasteiger partial charge in [0.25, 0.3) is 5.91 Å². The fraction of sp³-hybridized carbons (Fsp3) is 0.455. The summed E-state index contributed by atoms with van der Waals surface area (Å²) >= 11 is 0. The van der Waals surface area contributed by atoms with Crippen molar-refractivity contribution in [2.45, 2.75) is 44.9 Å². The topological polar surface area (TPSA) is 85.3 Å². The van der Waals surface area contributed by atoms with Gasteiger partial charge in [0.2, 0.25) is 11.7 Å². The number of rotatable bonds is 4. The van der Waals surface area contributed by atoms with E-state index >= 15 is 0 Å². The first-order valence-corrected chi connectivity index (χ1v) is 10.5. The molecule has 0 saturated carbocycles. The van der Waals surface area contributed by atoms with Gasteiger partial charge in [0.05, 0.1) is 5.56 Å². The molecule has 3 heterocycles. The molecule has 2 aliphatic rings. The van der Waals surface area contributed by atoms with Crippen LogP contribution in [0.1, 0.15) is 53.4 Å². The predicted molar refractivity (Wildman–Crippen MR) is 105 cm³/mol. The smallest absolute Gasteiger partial charge is 0.276 e. The number of aromatic nitrogens is 3. The van der Waals surface area contributed by atoms with Crippen LogP contribution >= 0.6 is 0 Å². The largest absolute Gasteiger partial charge is 0.360 e. The Bertz CT molecular complexity index is 1060. The van der Waals surface area contributed by atoms with E-state index in [1.54, 1.807) is 18.2 Å². The lowest BCUT2D eigenvalue weighted by molar-refractivity contribution is 0.0656. The molecule has 0 radical (unpaired) electrons. The maximum absolute atomic E-state index is 14.0. The molecule has 1 amide bonds. The van der Waals surface area contributed by atoms with Gasteiger partial charge in [-0.1, -0.05) is 22.4 Å². The Labute approximate surface area is 173 Å². The van der Waals surface area contributed by atoms with Crippen LogP contribution in [0.5, 0.6) is 0 Å². The average molecular weight is 410 g/mol. The van der Waals surface area contributed by atoms with Crippen molar-refractivity contribution in [2.75, 3.05) is 13.1 Å². The number of hydrogen-bond donors (Lipinski definition) is 0. The van der Waals surface area contributed by atoms with Crippen molar-refractivity contribution in [3.63, 3.8) is 0 Å². The van der Waals surface area contributed by atoms with Gasteiger partial charge in [0.15, 0.2) is 5.69 Å². The summed E-state index contributed by atoms with van der Waals surface area (Å²) in [5, 5.41) is 8.01. The van der Waals surface area contributed by atoms with Gasteiger partial charge in [0, 0.05) is 31.5 Å². The molecule has 1 aliphatic carbocycles. The number of halogens is 1. The number of amides is 1. The molecule has 30 heavy (non-hydrogen) atoms. The summed E-state index contributed by atoms with van der Waals surface area (Å²) in [6.45, 7) is 1.32. The number of fused-ring (bicyclic) bond motifs is 1. The zero-order valence-corrected chi connectivity index (χ0v) is 16.6. The molecule has 2 aromatic heterocycles. The van der Waals surface area contributed by atoms with Gasteiger partial charge in [0.1, 0.15) is 11.6 Å². The number of nitrogens with zero attached hydrogens (tertiary/aromatic N) is 4. The van der Waals surface area contributed by atoms with Crippen LogP contribution in [0.15, 0.2) is 33.3 Å². The van der Waals surface area contributed by atoms with Crippen LogP contribution in [0, 0.1) is 11.7 Å². The highest BCUT2D eigenvalue weighted by molar-refractivity contribution is 5.94. The van der Waals surface area contributed by atoms with Gasteiger partial charge < -0.3 is 13.9 Å². The molecule has 156 valence electrons. The zero-order chi connectivity index (χ0) is 20.5. The fourth-order valence-electron chi connectivity index (χ4n) is 4.46. The second-order valence-electron chi connectivity index (χ2n) is 8.10. The van der Waals surface area contributed by atoms with Gasteiger partial charge in [-0.15, -0.1) is 0 Å². The standard InChI is InChI=1S/C22H23FN4O3/c23-17-9-3-1-7-15(17)21-24-19(30-26-21)12-14-6-5-11-27(13-14)22(28)20-16-8-2-4-10-18(16)29-25-20/h1,3,7,9,14H,2,4-6,8,10-13H2. The highest BCUT2D eigenvalue weighted by Crippen LogP contribution is 2.28. The normalized spacial score (nSPS) is 19.0. The predicted octanol–water partition coefficient (Wildman–Crippen LogP) is 3.84. The molecule has 0 N–H and O–H groups in total. The summed E-state index contributed by atoms with van der Waals surface area (Å²) < 4.78 is 24.7. The Morgan fingerprint density at radius 3 is 2.90 bits per heavy atom. The minimum Gasteiger partial charge on any atom is -0.360 e. The number of piperidine rings is 1. The molecule has 0 spiro atoms. The van der Waals surface area contributed by atoms with Crippen LogP contribution in [-0.2, 0) is 19.3 Å². The van der Waals surface area contributed by atoms with Crippen LogP contribution < -0.4 is 0 Å². The average Bonchev–Trinajstić information content (AvgIpc) is 3.41. The summed E-state index contributed by atoms with van der Waals surface area (Å²) in [7, 11) is 0. The summed E-state index contributed by atoms with van der Waals surface area (Å²) in [6, 6.07) is 6.36. The molecule has 1 saturated heterocycles. The first-order valence-electron chi connectivity index (χ1n) is 10.5. The summed E-state index contributed by atoms with van der Waals surface area (Å²) in [6.07, 6.45) is 6.31. The summed E-state index contributed by atoms with van der Waals surface area (Å²) in [4.78, 5) is 19.3. The molecule has 0 bridgehead atoms. The minimum absolute atomic E-state index is 0.0517. The third kappa shape index (κ3) is 3.62. The van der Waals surface area contributed by atoms with Gasteiger partial charge in [-0.3, -0.25) is 4.79 Å². The van der Waals surface area contributed by atoms with E-state index in [-0.39, 0.29) is 23.5 Å². The fourth-order valence-corrected chi connectivity index (χ4v) is 4.46. The van der Waals surface area contributed by atoms with E-state index in [9.17, 15) is 9.18 Å². The lowest BCUT2D eigenvalue weighted by Gasteiger charge is -2.31. The molecule has 8 heteroatoms. The maximum Gasteiger partial charge on any atom is 0.276 e. The zero-order valence-electron chi connectivity index (χ0n) is 16.6. The van der Waals surface area contributed by atoms with Crippen molar-refractivity contribution in [1.29, 1.82) is 0 Å². The van der Waals surface area contributed by atoms with Gasteiger partial charge >= 0.3 is 0 Å². The number of aryl methyl sites for hydroxylation is 1. The minimum atomic E-state index is -0.379. The van der Waals surface area contributed by atoms with E-state index in [2.05, 4.69) is 15.3 Å². The van der Waals surface area contributed by atoms with Gasteiger partial charge in [-0.2, -0.15) is 4.98 Å². The third-order valence-electron chi connectivity index (χ3n) is 6.01. The Hall–Kier alpha value is -3.03. The quantitative estimate of drug-likeness (QED) is 0.650. The second-order valence-corrected chi connectivity index (χ2v) is 8.10. The molecule has 1 unspecified atom stereocenters. The van der Waals surface area contributed by atoms with E-state index in [4.69, 9.17) is 9.05 Å². The molecule has 5 rings (SSSR count). The van der Waals surface area contributed by atoms with E-state index < -0.39 is 0 Å². The van der Waals surface area contributed by atoms with Crippen LogP contribution in [0.25, 0.3) is 11.4 Å². The third-order valence-corrected chi connectivity index (χ3v) is 6.01. The Kier molecular flexibility index (Phi) is 5.06. The molecule has 1 fully saturated rings. The number of carbonyl (C=O) groups excluding carboxylic acids is 1. The number of benzene rings is 1. The van der Waals surface area contributed by atoms with Gasteiger partial charge in [-0.25, -0.2) is 4.39 Å². The Morgan fingerprint density at radius 1 is 1.13 bits per heavy atom. The van der Waals surface area contributed by atoms with Gasteiger partial charge in [-0.05, 0) is 50.2 Å². The van der Waals surface area contributed by atoms with E-state index in [1.807, 2.05) is 4.90 Å². The van der Waals surface area contributed by atoms with Crippen LogP contribution in [-0.4, -0.2) is 39.2 Å². The van der Waals surface area contributed by atoms with Crippen LogP contribution in [0.3, 0.4) is 0 Å². The molecule has 7 nitrogen and oxygen atoms in total. The Morgan fingerprint density at radius 2 is 2.00 bits per heavy atom. The first kappa shape index (κ1) is 19.0. The van der Waals surface area contributed by atoms with Crippen molar-refractivity contribution < 1.29 is 18.2 Å².